The lowest BCUT2D eigenvalue weighted by Crippen LogP contribution is -2.29. The summed E-state index contributed by atoms with van der Waals surface area (Å²) in [6, 6.07) is 5.29. The molecule has 0 bridgehead atoms. The van der Waals surface area contributed by atoms with E-state index in [0.29, 0.717) is 17.9 Å². The summed E-state index contributed by atoms with van der Waals surface area (Å²) in [5.41, 5.74) is 0.648. The number of carbonyl (C=O) groups is 1. The summed E-state index contributed by atoms with van der Waals surface area (Å²) < 4.78 is 6.23. The second-order valence-electron chi connectivity index (χ2n) is 3.74. The fraction of sp³-hybridized carbons (Fsp3) is 0.308. The summed E-state index contributed by atoms with van der Waals surface area (Å²) in [5, 5.41) is 12.2. The lowest BCUT2D eigenvalue weighted by atomic mass is 10.1. The number of amides is 1. The van der Waals surface area contributed by atoms with Gasteiger partial charge in [0, 0.05) is 16.6 Å². The van der Waals surface area contributed by atoms with Crippen LogP contribution in [0.2, 0.25) is 0 Å². The van der Waals surface area contributed by atoms with E-state index in [1.54, 1.807) is 25.1 Å². The van der Waals surface area contributed by atoms with Crippen LogP contribution in [0.15, 0.2) is 35.3 Å². The molecule has 1 amide bonds. The van der Waals surface area contributed by atoms with Gasteiger partial charge in [0.15, 0.2) is 6.61 Å². The highest BCUT2D eigenvalue weighted by molar-refractivity contribution is 9.10. The molecule has 0 aromatic heterocycles. The molecule has 0 radical (unpaired) electrons. The van der Waals surface area contributed by atoms with E-state index in [9.17, 15) is 9.90 Å². The highest BCUT2D eigenvalue weighted by atomic mass is 79.9. The average molecular weight is 314 g/mol. The molecule has 1 aromatic rings. The normalized spacial score (nSPS) is 11.7. The second kappa shape index (κ2) is 7.18. The largest absolute Gasteiger partial charge is 0.483 e. The number of aliphatic hydroxyl groups is 1. The van der Waals surface area contributed by atoms with Gasteiger partial charge in [0.1, 0.15) is 5.75 Å². The maximum absolute atomic E-state index is 11.4. The quantitative estimate of drug-likeness (QED) is 0.791. The molecule has 0 saturated carbocycles. The molecule has 0 aliphatic heterocycles. The first-order valence-electron chi connectivity index (χ1n) is 5.52. The topological polar surface area (TPSA) is 58.6 Å². The van der Waals surface area contributed by atoms with Crippen molar-refractivity contribution in [3.8, 4) is 5.75 Å². The van der Waals surface area contributed by atoms with E-state index in [1.807, 2.05) is 6.07 Å². The van der Waals surface area contributed by atoms with Gasteiger partial charge >= 0.3 is 0 Å². The highest BCUT2D eigenvalue weighted by Crippen LogP contribution is 2.28. The average Bonchev–Trinajstić information content (AvgIpc) is 2.33. The molecule has 0 spiro atoms. The number of aliphatic hydroxyl groups excluding tert-OH is 1. The van der Waals surface area contributed by atoms with Crippen LogP contribution in [0.3, 0.4) is 0 Å². The van der Waals surface area contributed by atoms with E-state index in [4.69, 9.17) is 4.74 Å². The van der Waals surface area contributed by atoms with Crippen LogP contribution >= 0.6 is 15.9 Å². The Kier molecular flexibility index (Phi) is 5.88. The summed E-state index contributed by atoms with van der Waals surface area (Å²) >= 11 is 3.32. The zero-order valence-corrected chi connectivity index (χ0v) is 11.7. The zero-order chi connectivity index (χ0) is 13.5. The number of rotatable bonds is 6. The van der Waals surface area contributed by atoms with Gasteiger partial charge in [0.2, 0.25) is 0 Å². The van der Waals surface area contributed by atoms with E-state index in [0.717, 1.165) is 4.47 Å². The van der Waals surface area contributed by atoms with Gasteiger partial charge < -0.3 is 15.2 Å². The molecule has 1 atom stereocenters. The number of benzene rings is 1. The first kappa shape index (κ1) is 14.7. The highest BCUT2D eigenvalue weighted by Gasteiger charge is 2.11. The third kappa shape index (κ3) is 4.50. The van der Waals surface area contributed by atoms with Crippen molar-refractivity contribution in [2.75, 3.05) is 13.2 Å². The minimum atomic E-state index is -0.649. The van der Waals surface area contributed by atoms with Crippen LogP contribution in [0.1, 0.15) is 18.6 Å². The fourth-order valence-electron chi connectivity index (χ4n) is 1.36. The van der Waals surface area contributed by atoms with E-state index in [-0.39, 0.29) is 12.5 Å². The van der Waals surface area contributed by atoms with Crippen LogP contribution in [0.25, 0.3) is 0 Å². The number of nitrogens with one attached hydrogen (secondary N) is 1. The van der Waals surface area contributed by atoms with E-state index in [2.05, 4.69) is 27.8 Å². The molecule has 5 heteroatoms. The molecule has 4 nitrogen and oxygen atoms in total. The van der Waals surface area contributed by atoms with Crippen molar-refractivity contribution in [3.63, 3.8) is 0 Å². The molecule has 0 fully saturated rings. The lowest BCUT2D eigenvalue weighted by Gasteiger charge is -2.13. The third-order valence-corrected chi connectivity index (χ3v) is 2.72. The summed E-state index contributed by atoms with van der Waals surface area (Å²) in [7, 11) is 0. The lowest BCUT2D eigenvalue weighted by molar-refractivity contribution is -0.122. The Hall–Kier alpha value is -1.33. The first-order chi connectivity index (χ1) is 8.54. The predicted octanol–water partition coefficient (Wildman–Crippen LogP) is 2.18. The maximum Gasteiger partial charge on any atom is 0.258 e. The Morgan fingerprint density at radius 1 is 1.67 bits per heavy atom. The molecule has 0 aliphatic rings. The third-order valence-electron chi connectivity index (χ3n) is 2.23. The van der Waals surface area contributed by atoms with Gasteiger partial charge in [0.05, 0.1) is 6.10 Å². The Labute approximate surface area is 115 Å². The number of hydrogen-bond acceptors (Lipinski definition) is 3. The number of ether oxygens (including phenoxy) is 1. The summed E-state index contributed by atoms with van der Waals surface area (Å²) in [4.78, 5) is 11.4. The van der Waals surface area contributed by atoms with Crippen LogP contribution in [0, 0.1) is 0 Å². The van der Waals surface area contributed by atoms with Gasteiger partial charge in [-0.05, 0) is 19.1 Å². The Morgan fingerprint density at radius 3 is 3.00 bits per heavy atom. The Balaban J connectivity index is 2.68. The number of halogens is 1. The van der Waals surface area contributed by atoms with Gasteiger partial charge in [-0.2, -0.15) is 0 Å². The first-order valence-corrected chi connectivity index (χ1v) is 6.31. The molecular weight excluding hydrogens is 298 g/mol. The van der Waals surface area contributed by atoms with Crippen molar-refractivity contribution >= 4 is 21.8 Å². The van der Waals surface area contributed by atoms with Crippen LogP contribution in [0.5, 0.6) is 5.75 Å². The molecule has 18 heavy (non-hydrogen) atoms. The fourth-order valence-corrected chi connectivity index (χ4v) is 1.70. The molecule has 1 rings (SSSR count). The van der Waals surface area contributed by atoms with Crippen molar-refractivity contribution in [3.05, 3.63) is 40.9 Å². The Morgan fingerprint density at radius 2 is 2.39 bits per heavy atom. The van der Waals surface area contributed by atoms with Gasteiger partial charge in [0.25, 0.3) is 5.91 Å². The standard InChI is InChI=1S/C13H16BrNO3/c1-3-6-15-13(17)8-18-12-7-10(14)4-5-11(12)9(2)16/h3-5,7,9,16H,1,6,8H2,2H3,(H,15,17)/t9-/m0/s1. The van der Waals surface area contributed by atoms with Crippen molar-refractivity contribution in [2.24, 2.45) is 0 Å². The molecule has 0 heterocycles. The van der Waals surface area contributed by atoms with E-state index >= 15 is 0 Å². The smallest absolute Gasteiger partial charge is 0.258 e. The summed E-state index contributed by atoms with van der Waals surface area (Å²) in [5.74, 6) is 0.263. The second-order valence-corrected chi connectivity index (χ2v) is 4.66. The van der Waals surface area contributed by atoms with Crippen LogP contribution in [-0.4, -0.2) is 24.2 Å². The minimum absolute atomic E-state index is 0.0932. The van der Waals surface area contributed by atoms with Gasteiger partial charge in [-0.3, -0.25) is 4.79 Å². The van der Waals surface area contributed by atoms with Crippen molar-refractivity contribution in [1.82, 2.24) is 5.32 Å². The molecule has 0 aliphatic carbocycles. The molecule has 2 N–H and O–H groups in total. The van der Waals surface area contributed by atoms with Crippen molar-refractivity contribution in [2.45, 2.75) is 13.0 Å². The SMILES string of the molecule is C=CCNC(=O)COc1cc(Br)ccc1[C@H](C)O. The van der Waals surface area contributed by atoms with Gasteiger partial charge in [-0.15, -0.1) is 6.58 Å². The molecule has 0 saturated heterocycles. The van der Waals surface area contributed by atoms with Crippen LogP contribution < -0.4 is 10.1 Å². The molecule has 98 valence electrons. The Bertz CT molecular complexity index is 432. The molecule has 0 unspecified atom stereocenters. The van der Waals surface area contributed by atoms with E-state index in [1.165, 1.54) is 0 Å². The number of hydrogen-bond donors (Lipinski definition) is 2. The maximum atomic E-state index is 11.4. The van der Waals surface area contributed by atoms with Crippen LogP contribution in [-0.2, 0) is 4.79 Å². The zero-order valence-electron chi connectivity index (χ0n) is 10.1. The van der Waals surface area contributed by atoms with Crippen molar-refractivity contribution in [1.29, 1.82) is 0 Å². The van der Waals surface area contributed by atoms with Crippen LogP contribution in [0.4, 0.5) is 0 Å². The predicted molar refractivity (Wildman–Crippen MR) is 73.5 cm³/mol. The van der Waals surface area contributed by atoms with Gasteiger partial charge in [-0.1, -0.05) is 28.1 Å². The van der Waals surface area contributed by atoms with Gasteiger partial charge in [-0.25, -0.2) is 0 Å². The molecular formula is C13H16BrNO3. The van der Waals surface area contributed by atoms with E-state index < -0.39 is 6.10 Å². The van der Waals surface area contributed by atoms with Crippen molar-refractivity contribution < 1.29 is 14.6 Å². The summed E-state index contributed by atoms with van der Waals surface area (Å²) in [6.07, 6.45) is 0.947. The minimum Gasteiger partial charge on any atom is -0.483 e. The number of carbonyl (C=O) groups excluding carboxylic acids is 1. The monoisotopic (exact) mass is 313 g/mol. The molecule has 1 aromatic carbocycles. The summed E-state index contributed by atoms with van der Waals surface area (Å²) in [6.45, 7) is 5.47.